The van der Waals surface area contributed by atoms with Gasteiger partial charge in [-0.05, 0) is 38.4 Å². The Morgan fingerprint density at radius 3 is 2.78 bits per heavy atom. The second-order valence-corrected chi connectivity index (χ2v) is 4.81. The Labute approximate surface area is 114 Å². The van der Waals surface area contributed by atoms with Gasteiger partial charge >= 0.3 is 0 Å². The van der Waals surface area contributed by atoms with Crippen molar-refractivity contribution in [3.63, 3.8) is 0 Å². The van der Waals surface area contributed by atoms with Gasteiger partial charge in [-0.2, -0.15) is 0 Å². The summed E-state index contributed by atoms with van der Waals surface area (Å²) in [4.78, 5) is 0. The lowest BCUT2D eigenvalue weighted by atomic mass is 9.99. The summed E-state index contributed by atoms with van der Waals surface area (Å²) in [5, 5.41) is 3.65. The quantitative estimate of drug-likeness (QED) is 0.524. The smallest absolute Gasteiger partial charge is 0.129 e. The van der Waals surface area contributed by atoms with E-state index in [2.05, 4.69) is 11.9 Å². The Morgan fingerprint density at radius 1 is 1.39 bits per heavy atom. The first-order chi connectivity index (χ1) is 8.70. The average Bonchev–Trinajstić information content (AvgIpc) is 2.36. The molecule has 1 rings (SSSR count). The summed E-state index contributed by atoms with van der Waals surface area (Å²) >= 11 is 6.07. The van der Waals surface area contributed by atoms with Gasteiger partial charge in [0.25, 0.3) is 0 Å². The number of halogens is 2. The Balaban J connectivity index is 2.57. The lowest BCUT2D eigenvalue weighted by molar-refractivity contribution is 0.482. The molecule has 0 bridgehead atoms. The first kappa shape index (κ1) is 15.2. The van der Waals surface area contributed by atoms with Gasteiger partial charge in [-0.1, -0.05) is 36.6 Å². The Kier molecular flexibility index (Phi) is 6.99. The normalized spacial score (nSPS) is 12.4. The summed E-state index contributed by atoms with van der Waals surface area (Å²) in [6.07, 6.45) is 7.22. The van der Waals surface area contributed by atoms with Gasteiger partial charge in [-0.15, -0.1) is 6.58 Å². The molecule has 0 radical (unpaired) electrons. The van der Waals surface area contributed by atoms with Crippen LogP contribution >= 0.6 is 11.6 Å². The molecular formula is C15H21ClFN. The minimum Gasteiger partial charge on any atom is -0.313 e. The Hall–Kier alpha value is -0.860. The van der Waals surface area contributed by atoms with E-state index in [1.807, 2.05) is 13.1 Å². The highest BCUT2D eigenvalue weighted by Gasteiger charge is 2.16. The van der Waals surface area contributed by atoms with E-state index in [0.717, 1.165) is 32.1 Å². The molecule has 1 N–H and O–H groups in total. The van der Waals surface area contributed by atoms with Gasteiger partial charge in [0.15, 0.2) is 0 Å². The van der Waals surface area contributed by atoms with Crippen molar-refractivity contribution in [2.24, 2.45) is 0 Å². The first-order valence-corrected chi connectivity index (χ1v) is 6.80. The van der Waals surface area contributed by atoms with Crippen LogP contribution in [0.15, 0.2) is 30.9 Å². The fourth-order valence-electron chi connectivity index (χ4n) is 2.09. The average molecular weight is 270 g/mol. The zero-order valence-corrected chi connectivity index (χ0v) is 11.6. The van der Waals surface area contributed by atoms with Crippen molar-refractivity contribution in [3.8, 4) is 0 Å². The third-order valence-corrected chi connectivity index (χ3v) is 3.43. The van der Waals surface area contributed by atoms with Crippen molar-refractivity contribution >= 4 is 11.6 Å². The summed E-state index contributed by atoms with van der Waals surface area (Å²) in [5.74, 6) is -0.229. The minimum atomic E-state index is -0.229. The molecule has 0 heterocycles. The van der Waals surface area contributed by atoms with E-state index in [1.54, 1.807) is 12.1 Å². The molecule has 1 atom stereocenters. The molecule has 0 aliphatic rings. The largest absolute Gasteiger partial charge is 0.313 e. The zero-order chi connectivity index (χ0) is 13.4. The van der Waals surface area contributed by atoms with E-state index in [4.69, 9.17) is 11.6 Å². The van der Waals surface area contributed by atoms with Gasteiger partial charge in [0.05, 0.1) is 0 Å². The lowest BCUT2D eigenvalue weighted by Gasteiger charge is -2.18. The minimum absolute atomic E-state index is 0.0116. The summed E-state index contributed by atoms with van der Waals surface area (Å²) < 4.78 is 13.8. The molecule has 0 saturated carbocycles. The number of hydrogen-bond acceptors (Lipinski definition) is 1. The van der Waals surface area contributed by atoms with Gasteiger partial charge < -0.3 is 5.32 Å². The van der Waals surface area contributed by atoms with Crippen LogP contribution < -0.4 is 5.32 Å². The van der Waals surface area contributed by atoms with Crippen molar-refractivity contribution in [3.05, 3.63) is 47.3 Å². The summed E-state index contributed by atoms with van der Waals surface area (Å²) in [5.41, 5.74) is 0.588. The van der Waals surface area contributed by atoms with Gasteiger partial charge in [-0.3, -0.25) is 0 Å². The van der Waals surface area contributed by atoms with Crippen LogP contribution in [0.2, 0.25) is 5.02 Å². The van der Waals surface area contributed by atoms with E-state index in [9.17, 15) is 4.39 Å². The van der Waals surface area contributed by atoms with Crippen molar-refractivity contribution in [2.45, 2.75) is 38.1 Å². The molecule has 1 aromatic carbocycles. The predicted octanol–water partition coefficient (Wildman–Crippen LogP) is 4.88. The molecule has 0 saturated heterocycles. The fourth-order valence-corrected chi connectivity index (χ4v) is 2.39. The molecule has 100 valence electrons. The highest BCUT2D eigenvalue weighted by Crippen LogP contribution is 2.29. The maximum absolute atomic E-state index is 13.8. The van der Waals surface area contributed by atoms with Crippen LogP contribution in [0.4, 0.5) is 4.39 Å². The monoisotopic (exact) mass is 269 g/mol. The molecule has 0 aromatic heterocycles. The molecule has 1 nitrogen and oxygen atoms in total. The predicted molar refractivity (Wildman–Crippen MR) is 76.5 cm³/mol. The molecule has 1 unspecified atom stereocenters. The molecule has 0 aliphatic carbocycles. The van der Waals surface area contributed by atoms with E-state index < -0.39 is 0 Å². The zero-order valence-electron chi connectivity index (χ0n) is 10.9. The molecule has 0 spiro atoms. The molecule has 1 aromatic rings. The molecule has 0 fully saturated rings. The van der Waals surface area contributed by atoms with Crippen molar-refractivity contribution in [1.29, 1.82) is 0 Å². The molecule has 18 heavy (non-hydrogen) atoms. The van der Waals surface area contributed by atoms with Crippen molar-refractivity contribution < 1.29 is 4.39 Å². The maximum Gasteiger partial charge on any atom is 0.129 e. The maximum atomic E-state index is 13.8. The fraction of sp³-hybridized carbons (Fsp3) is 0.467. The number of rotatable bonds is 8. The number of unbranched alkanes of at least 4 members (excludes halogenated alkanes) is 3. The molecule has 0 aliphatic heterocycles. The molecule has 3 heteroatoms. The highest BCUT2D eigenvalue weighted by molar-refractivity contribution is 6.31. The third-order valence-electron chi connectivity index (χ3n) is 3.10. The summed E-state index contributed by atoms with van der Waals surface area (Å²) in [6.45, 7) is 3.70. The van der Waals surface area contributed by atoms with Crippen LogP contribution in [0.3, 0.4) is 0 Å². The second-order valence-electron chi connectivity index (χ2n) is 4.40. The topological polar surface area (TPSA) is 12.0 Å². The van der Waals surface area contributed by atoms with Crippen molar-refractivity contribution in [2.75, 3.05) is 7.05 Å². The summed E-state index contributed by atoms with van der Waals surface area (Å²) in [6, 6.07) is 4.82. The van der Waals surface area contributed by atoms with Crippen LogP contribution in [-0.4, -0.2) is 7.05 Å². The summed E-state index contributed by atoms with van der Waals surface area (Å²) in [7, 11) is 1.84. The van der Waals surface area contributed by atoms with Gasteiger partial charge in [0.1, 0.15) is 5.82 Å². The Morgan fingerprint density at radius 2 is 2.17 bits per heavy atom. The van der Waals surface area contributed by atoms with Gasteiger partial charge in [0.2, 0.25) is 0 Å². The van der Waals surface area contributed by atoms with Crippen LogP contribution in [0.1, 0.15) is 43.7 Å². The Bertz CT molecular complexity index is 359. The number of nitrogens with one attached hydrogen (secondary N) is 1. The van der Waals surface area contributed by atoms with Crippen LogP contribution in [-0.2, 0) is 0 Å². The van der Waals surface area contributed by atoms with Crippen LogP contribution in [0.5, 0.6) is 0 Å². The van der Waals surface area contributed by atoms with Gasteiger partial charge in [0, 0.05) is 16.6 Å². The molecule has 0 amide bonds. The van der Waals surface area contributed by atoms with E-state index in [1.165, 1.54) is 6.07 Å². The number of allylic oxidation sites excluding steroid dienone is 1. The second kappa shape index (κ2) is 8.28. The standard InChI is InChI=1S/C15H21ClFN/c1-3-4-5-6-7-11-14(18-2)15-12(16)9-8-10-13(15)17/h3,8-10,14,18H,1,4-7,11H2,2H3. The van der Waals surface area contributed by atoms with Crippen LogP contribution in [0, 0.1) is 5.82 Å². The SMILES string of the molecule is C=CCCCCCC(NC)c1c(F)cccc1Cl. The lowest BCUT2D eigenvalue weighted by Crippen LogP contribution is -2.18. The third kappa shape index (κ3) is 4.43. The number of benzene rings is 1. The highest BCUT2D eigenvalue weighted by atomic mass is 35.5. The van der Waals surface area contributed by atoms with E-state index in [-0.39, 0.29) is 11.9 Å². The van der Waals surface area contributed by atoms with E-state index >= 15 is 0 Å². The molecular weight excluding hydrogens is 249 g/mol. The first-order valence-electron chi connectivity index (χ1n) is 6.42. The van der Waals surface area contributed by atoms with Gasteiger partial charge in [-0.25, -0.2) is 4.39 Å². The number of hydrogen-bond donors (Lipinski definition) is 1. The van der Waals surface area contributed by atoms with Crippen molar-refractivity contribution in [1.82, 2.24) is 5.32 Å². The van der Waals surface area contributed by atoms with Crippen LogP contribution in [0.25, 0.3) is 0 Å². The van der Waals surface area contributed by atoms with E-state index in [0.29, 0.717) is 10.6 Å².